The van der Waals surface area contributed by atoms with Crippen molar-refractivity contribution in [3.8, 4) is 0 Å². The molecule has 2 aromatic rings. The number of ketones is 1. The average Bonchev–Trinajstić information content (AvgIpc) is 2.95. The summed E-state index contributed by atoms with van der Waals surface area (Å²) in [5, 5.41) is 2.07. The van der Waals surface area contributed by atoms with E-state index in [1.54, 1.807) is 23.5 Å². The number of halogens is 1. The third-order valence-electron chi connectivity index (χ3n) is 3.19. The van der Waals surface area contributed by atoms with Crippen LogP contribution in [-0.4, -0.2) is 30.8 Å². The fraction of sp³-hybridized carbons (Fsp3) is 0.312. The van der Waals surface area contributed by atoms with Gasteiger partial charge in [0, 0.05) is 30.0 Å². The topological polar surface area (TPSA) is 20.3 Å². The molecule has 0 N–H and O–H groups in total. The van der Waals surface area contributed by atoms with Crippen molar-refractivity contribution in [1.82, 2.24) is 4.90 Å². The van der Waals surface area contributed by atoms with Gasteiger partial charge in [0.15, 0.2) is 5.78 Å². The Bertz CT molecular complexity index is 553. The number of rotatable bonds is 7. The number of benzene rings is 1. The van der Waals surface area contributed by atoms with Gasteiger partial charge in [-0.25, -0.2) is 4.39 Å². The van der Waals surface area contributed by atoms with Crippen molar-refractivity contribution in [2.75, 3.05) is 20.1 Å². The van der Waals surface area contributed by atoms with Gasteiger partial charge >= 0.3 is 0 Å². The van der Waals surface area contributed by atoms with Crippen molar-refractivity contribution < 1.29 is 9.18 Å². The second kappa shape index (κ2) is 7.31. The summed E-state index contributed by atoms with van der Waals surface area (Å²) in [7, 11) is 2.01. The van der Waals surface area contributed by atoms with E-state index in [4.69, 9.17) is 0 Å². The predicted molar refractivity (Wildman–Crippen MR) is 80.9 cm³/mol. The summed E-state index contributed by atoms with van der Waals surface area (Å²) in [6.45, 7) is 1.62. The molecule has 0 unspecified atom stereocenters. The molecule has 2 nitrogen and oxygen atoms in total. The highest BCUT2D eigenvalue weighted by atomic mass is 32.1. The lowest BCUT2D eigenvalue weighted by molar-refractivity contribution is 0.0969. The lowest BCUT2D eigenvalue weighted by atomic mass is 10.1. The Morgan fingerprint density at radius 2 is 2.10 bits per heavy atom. The van der Waals surface area contributed by atoms with E-state index in [1.807, 2.05) is 13.1 Å². The van der Waals surface area contributed by atoms with Crippen LogP contribution in [0, 0.1) is 5.82 Å². The monoisotopic (exact) mass is 291 g/mol. The van der Waals surface area contributed by atoms with Gasteiger partial charge in [-0.05, 0) is 37.0 Å². The number of carbonyl (C=O) groups is 1. The first-order valence-corrected chi connectivity index (χ1v) is 7.53. The summed E-state index contributed by atoms with van der Waals surface area (Å²) >= 11 is 1.75. The number of likely N-dealkylation sites (N-methyl/N-ethyl adjacent to an activating group) is 1. The molecular formula is C16H18FNOS. The van der Waals surface area contributed by atoms with E-state index in [2.05, 4.69) is 16.3 Å². The number of thiophene rings is 1. The molecule has 0 aliphatic carbocycles. The van der Waals surface area contributed by atoms with E-state index in [9.17, 15) is 9.18 Å². The molecule has 1 aromatic carbocycles. The van der Waals surface area contributed by atoms with Crippen LogP contribution < -0.4 is 0 Å². The molecule has 1 heterocycles. The highest BCUT2D eigenvalue weighted by Gasteiger charge is 2.08. The van der Waals surface area contributed by atoms with Crippen molar-refractivity contribution in [2.24, 2.45) is 0 Å². The van der Waals surface area contributed by atoms with Crippen LogP contribution in [0.1, 0.15) is 21.7 Å². The first-order valence-electron chi connectivity index (χ1n) is 6.65. The normalized spacial score (nSPS) is 10.9. The van der Waals surface area contributed by atoms with E-state index in [0.717, 1.165) is 13.0 Å². The Kier molecular flexibility index (Phi) is 5.44. The quantitative estimate of drug-likeness (QED) is 0.726. The minimum absolute atomic E-state index is 0.00697. The van der Waals surface area contributed by atoms with Crippen LogP contribution in [0.15, 0.2) is 41.8 Å². The van der Waals surface area contributed by atoms with Crippen LogP contribution in [0.2, 0.25) is 0 Å². The summed E-state index contributed by atoms with van der Waals surface area (Å²) in [6, 6.07) is 10.1. The highest BCUT2D eigenvalue weighted by molar-refractivity contribution is 7.09. The van der Waals surface area contributed by atoms with Gasteiger partial charge < -0.3 is 4.90 Å². The average molecular weight is 291 g/mol. The Morgan fingerprint density at radius 3 is 2.80 bits per heavy atom. The molecule has 4 heteroatoms. The Morgan fingerprint density at radius 1 is 1.25 bits per heavy atom. The lowest BCUT2D eigenvalue weighted by Gasteiger charge is -2.15. The van der Waals surface area contributed by atoms with Gasteiger partial charge in [0.05, 0.1) is 0 Å². The minimum atomic E-state index is -0.359. The maximum atomic E-state index is 13.0. The minimum Gasteiger partial charge on any atom is -0.306 e. The first-order chi connectivity index (χ1) is 9.65. The largest absolute Gasteiger partial charge is 0.306 e. The second-order valence-corrected chi connectivity index (χ2v) is 5.85. The highest BCUT2D eigenvalue weighted by Crippen LogP contribution is 2.10. The molecule has 0 fully saturated rings. The third kappa shape index (κ3) is 4.54. The van der Waals surface area contributed by atoms with Crippen molar-refractivity contribution in [1.29, 1.82) is 0 Å². The van der Waals surface area contributed by atoms with Crippen LogP contribution in [0.4, 0.5) is 4.39 Å². The van der Waals surface area contributed by atoms with Crippen LogP contribution >= 0.6 is 11.3 Å². The number of Topliss-reactive ketones (excluding diaryl/α,β-unsaturated/α-hetero) is 1. The molecule has 0 bridgehead atoms. The Balaban J connectivity index is 1.75. The molecule has 1 aromatic heterocycles. The molecule has 0 saturated carbocycles. The molecule has 0 aliphatic heterocycles. The van der Waals surface area contributed by atoms with Crippen molar-refractivity contribution in [3.63, 3.8) is 0 Å². The standard InChI is InChI=1S/C16H18FNOS/c1-18(9-7-15-6-3-11-20-15)10-8-16(19)13-4-2-5-14(17)12-13/h2-6,11-12H,7-10H2,1H3. The van der Waals surface area contributed by atoms with E-state index in [0.29, 0.717) is 18.5 Å². The summed E-state index contributed by atoms with van der Waals surface area (Å²) in [5.41, 5.74) is 0.455. The molecular weight excluding hydrogens is 273 g/mol. The van der Waals surface area contributed by atoms with Gasteiger partial charge in [0.25, 0.3) is 0 Å². The lowest BCUT2D eigenvalue weighted by Crippen LogP contribution is -2.24. The number of carbonyl (C=O) groups excluding carboxylic acids is 1. The van der Waals surface area contributed by atoms with E-state index < -0.39 is 0 Å². The van der Waals surface area contributed by atoms with Crippen LogP contribution in [0.25, 0.3) is 0 Å². The van der Waals surface area contributed by atoms with Crippen LogP contribution in [0.5, 0.6) is 0 Å². The predicted octanol–water partition coefficient (Wildman–Crippen LogP) is 3.63. The smallest absolute Gasteiger partial charge is 0.164 e. The Hall–Kier alpha value is -1.52. The van der Waals surface area contributed by atoms with E-state index >= 15 is 0 Å². The molecule has 0 radical (unpaired) electrons. The Labute approximate surface area is 122 Å². The molecule has 2 rings (SSSR count). The zero-order chi connectivity index (χ0) is 14.4. The third-order valence-corrected chi connectivity index (χ3v) is 4.12. The molecule has 0 aliphatic rings. The maximum Gasteiger partial charge on any atom is 0.164 e. The summed E-state index contributed by atoms with van der Waals surface area (Å²) in [4.78, 5) is 15.4. The molecule has 0 atom stereocenters. The van der Waals surface area contributed by atoms with Gasteiger partial charge in [-0.1, -0.05) is 18.2 Å². The van der Waals surface area contributed by atoms with Crippen LogP contribution in [0.3, 0.4) is 0 Å². The van der Waals surface area contributed by atoms with Gasteiger partial charge in [-0.2, -0.15) is 0 Å². The number of nitrogens with zero attached hydrogens (tertiary/aromatic N) is 1. The zero-order valence-corrected chi connectivity index (χ0v) is 12.3. The van der Waals surface area contributed by atoms with Gasteiger partial charge in [-0.15, -0.1) is 11.3 Å². The van der Waals surface area contributed by atoms with Gasteiger partial charge in [0.1, 0.15) is 5.82 Å². The number of hydrogen-bond acceptors (Lipinski definition) is 3. The van der Waals surface area contributed by atoms with Crippen molar-refractivity contribution in [3.05, 3.63) is 58.0 Å². The summed E-state index contributed by atoms with van der Waals surface area (Å²) in [6.07, 6.45) is 1.42. The van der Waals surface area contributed by atoms with Crippen molar-refractivity contribution in [2.45, 2.75) is 12.8 Å². The first kappa shape index (κ1) is 14.9. The number of hydrogen-bond donors (Lipinski definition) is 0. The van der Waals surface area contributed by atoms with Gasteiger partial charge in [0.2, 0.25) is 0 Å². The molecule has 0 spiro atoms. The van der Waals surface area contributed by atoms with Gasteiger partial charge in [-0.3, -0.25) is 4.79 Å². The zero-order valence-electron chi connectivity index (χ0n) is 11.5. The molecule has 20 heavy (non-hydrogen) atoms. The fourth-order valence-corrected chi connectivity index (χ4v) is 2.66. The molecule has 0 amide bonds. The molecule has 106 valence electrons. The van der Waals surface area contributed by atoms with Crippen molar-refractivity contribution >= 4 is 17.1 Å². The molecule has 0 saturated heterocycles. The fourth-order valence-electron chi connectivity index (χ4n) is 1.97. The summed E-state index contributed by atoms with van der Waals surface area (Å²) in [5.74, 6) is -0.366. The second-order valence-electron chi connectivity index (χ2n) is 4.82. The SMILES string of the molecule is CN(CCC(=O)c1cccc(F)c1)CCc1cccs1. The van der Waals surface area contributed by atoms with E-state index in [1.165, 1.54) is 17.0 Å². The van der Waals surface area contributed by atoms with E-state index in [-0.39, 0.29) is 11.6 Å². The maximum absolute atomic E-state index is 13.0. The van der Waals surface area contributed by atoms with Crippen LogP contribution in [-0.2, 0) is 6.42 Å². The summed E-state index contributed by atoms with van der Waals surface area (Å²) < 4.78 is 13.0.